The van der Waals surface area contributed by atoms with E-state index in [1.165, 1.54) is 141 Å². The molecule has 0 aromatic heterocycles. The first-order chi connectivity index (χ1) is 52.8. The number of nitrogens with two attached hydrogens (primary N) is 2. The van der Waals surface area contributed by atoms with Crippen molar-refractivity contribution < 1.29 is 38.3 Å². The molecule has 6 aromatic rings. The number of ether oxygens (including phenoxy) is 7. The van der Waals surface area contributed by atoms with Gasteiger partial charge in [0.1, 0.15) is 6.10 Å². The van der Waals surface area contributed by atoms with Gasteiger partial charge >= 0.3 is 0 Å². The summed E-state index contributed by atoms with van der Waals surface area (Å²) in [6.07, 6.45) is 35.6. The normalized spacial score (nSPS) is 22.6. The van der Waals surface area contributed by atoms with Gasteiger partial charge in [0.15, 0.2) is 0 Å². The maximum absolute atomic E-state index is 9.81. The molecule has 5 fully saturated rings. The van der Waals surface area contributed by atoms with Crippen LogP contribution in [0.3, 0.4) is 0 Å². The fourth-order valence-electron chi connectivity index (χ4n) is 12.8. The molecule has 1 heterocycles. The van der Waals surface area contributed by atoms with Gasteiger partial charge in [0, 0.05) is 48.2 Å². The van der Waals surface area contributed by atoms with Gasteiger partial charge in [-0.25, -0.2) is 0 Å². The quantitative estimate of drug-likeness (QED) is 0.0619. The maximum Gasteiger partial charge on any atom is 0.104 e. The van der Waals surface area contributed by atoms with E-state index < -0.39 is 6.10 Å². The van der Waals surface area contributed by atoms with Crippen LogP contribution in [0.15, 0.2) is 206 Å². The molecule has 12 nitrogen and oxygen atoms in total. The Morgan fingerprint density at radius 3 is 0.806 bits per heavy atom. The summed E-state index contributed by atoms with van der Waals surface area (Å²) in [6, 6.07) is 68.5. The number of rotatable bonds is 15. The van der Waals surface area contributed by atoms with Gasteiger partial charge in [0.25, 0.3) is 0 Å². The highest BCUT2D eigenvalue weighted by molar-refractivity contribution is 5.12. The van der Waals surface area contributed by atoms with Crippen LogP contribution in [0.2, 0.25) is 0 Å². The average molecular weight is 1500 g/mol. The summed E-state index contributed by atoms with van der Waals surface area (Å²) in [7, 11) is 14.0. The summed E-state index contributed by atoms with van der Waals surface area (Å²) < 4.78 is 39.1. The van der Waals surface area contributed by atoms with Crippen molar-refractivity contribution in [2.75, 3.05) is 103 Å². The number of nitrogens with one attached hydrogen (secondary N) is 2. The van der Waals surface area contributed by atoms with Crippen molar-refractivity contribution in [3.8, 4) is 0 Å². The summed E-state index contributed by atoms with van der Waals surface area (Å²) in [4.78, 5) is 0. The highest BCUT2D eigenvalue weighted by atomic mass is 16.6. The van der Waals surface area contributed by atoms with Gasteiger partial charge in [-0.15, -0.1) is 0 Å². The molecule has 108 heavy (non-hydrogen) atoms. The highest BCUT2D eigenvalue weighted by Gasteiger charge is 2.27. The third-order valence-corrected chi connectivity index (χ3v) is 19.3. The fraction of sp³-hybridized carbons (Fsp3) is 0.625. The SMILES string of the molecule is CC1CCCCC(C)CCC1.CC1CCCCC(C)CCC1.CCNCC(O)COCC1CC(OC)CCCCC(OC)C1.CN.CN.CNC.COC1CCCCC(OC)CC(COCC2CO2)C1.Cc1ccccc1.Cc1ccccc1.c1ccccc1.c1ccccc1.c1ccccc1.c1ccccc1. The van der Waals surface area contributed by atoms with Crippen molar-refractivity contribution >= 4 is 0 Å². The van der Waals surface area contributed by atoms with Crippen LogP contribution in [0.25, 0.3) is 0 Å². The van der Waals surface area contributed by atoms with Crippen molar-refractivity contribution in [3.63, 3.8) is 0 Å². The Bertz CT molecular complexity index is 2220. The molecular formula is C96H164N4O8. The number of hydrogen-bond donors (Lipinski definition) is 5. The number of benzene rings is 6. The molecule has 11 rings (SSSR count). The average Bonchev–Trinajstić information content (AvgIpc) is 1.05. The molecule has 6 aromatic carbocycles. The molecule has 5 aliphatic rings. The Kier molecular flexibility index (Phi) is 79.0. The lowest BCUT2D eigenvalue weighted by Crippen LogP contribution is -2.31. The highest BCUT2D eigenvalue weighted by Crippen LogP contribution is 2.29. The zero-order chi connectivity index (χ0) is 79.8. The lowest BCUT2D eigenvalue weighted by molar-refractivity contribution is -0.00908. The van der Waals surface area contributed by atoms with Crippen LogP contribution < -0.4 is 22.1 Å². The van der Waals surface area contributed by atoms with Gasteiger partial charge < -0.3 is 60.4 Å². The number of aliphatic hydroxyl groups is 1. The predicted octanol–water partition coefficient (Wildman–Crippen LogP) is 22.1. The summed E-state index contributed by atoms with van der Waals surface area (Å²) >= 11 is 0. The van der Waals surface area contributed by atoms with Crippen molar-refractivity contribution in [2.24, 2.45) is 47.0 Å². The molecule has 4 aliphatic carbocycles. The van der Waals surface area contributed by atoms with Crippen molar-refractivity contribution in [1.82, 2.24) is 10.6 Å². The first-order valence-corrected chi connectivity index (χ1v) is 41.8. The van der Waals surface area contributed by atoms with E-state index in [9.17, 15) is 5.11 Å². The topological polar surface area (TPSA) is 164 Å². The fourth-order valence-corrected chi connectivity index (χ4v) is 12.8. The molecular weight excluding hydrogens is 1340 g/mol. The molecule has 12 heteroatoms. The molecule has 0 amide bonds. The molecule has 0 bridgehead atoms. The minimum absolute atomic E-state index is 0.316. The summed E-state index contributed by atoms with van der Waals surface area (Å²) in [5.74, 6) is 4.97. The van der Waals surface area contributed by atoms with Crippen molar-refractivity contribution in [3.05, 3.63) is 217 Å². The first kappa shape index (κ1) is 105. The van der Waals surface area contributed by atoms with E-state index in [1.807, 2.05) is 217 Å². The smallest absolute Gasteiger partial charge is 0.104 e. The Hall–Kier alpha value is -5.16. The van der Waals surface area contributed by atoms with Gasteiger partial charge in [-0.3, -0.25) is 0 Å². The zero-order valence-corrected chi connectivity index (χ0v) is 71.4. The van der Waals surface area contributed by atoms with Gasteiger partial charge in [-0.2, -0.15) is 0 Å². The largest absolute Gasteiger partial charge is 0.389 e. The Balaban J connectivity index is 0. The Morgan fingerprint density at radius 2 is 0.593 bits per heavy atom. The second kappa shape index (κ2) is 81.3. The second-order valence-corrected chi connectivity index (χ2v) is 29.4. The predicted molar refractivity (Wildman–Crippen MR) is 466 cm³/mol. The second-order valence-electron chi connectivity index (χ2n) is 29.4. The van der Waals surface area contributed by atoms with Crippen LogP contribution in [-0.2, 0) is 33.2 Å². The van der Waals surface area contributed by atoms with Gasteiger partial charge in [0.05, 0.1) is 50.3 Å². The summed E-state index contributed by atoms with van der Waals surface area (Å²) in [5.41, 5.74) is 11.6. The number of methoxy groups -OCH3 is 4. The summed E-state index contributed by atoms with van der Waals surface area (Å²) in [5, 5.41) is 15.7. The number of aryl methyl sites for hydroxylation is 2. The van der Waals surface area contributed by atoms with Crippen LogP contribution in [-0.4, -0.2) is 144 Å². The number of epoxide rings is 1. The minimum Gasteiger partial charge on any atom is -0.389 e. The van der Waals surface area contributed by atoms with Crippen LogP contribution >= 0.6 is 0 Å². The van der Waals surface area contributed by atoms with Crippen LogP contribution in [0.4, 0.5) is 0 Å². The van der Waals surface area contributed by atoms with E-state index in [0.29, 0.717) is 62.1 Å². The van der Waals surface area contributed by atoms with Crippen molar-refractivity contribution in [2.45, 2.75) is 252 Å². The third kappa shape index (κ3) is 72.4. The van der Waals surface area contributed by atoms with Gasteiger partial charge in [0.2, 0.25) is 0 Å². The number of likely N-dealkylation sites (N-methyl/N-ethyl adjacent to an activating group) is 1. The van der Waals surface area contributed by atoms with Crippen LogP contribution in [0.1, 0.15) is 213 Å². The molecule has 616 valence electrons. The van der Waals surface area contributed by atoms with Crippen LogP contribution in [0.5, 0.6) is 0 Å². The minimum atomic E-state index is -0.437. The van der Waals surface area contributed by atoms with E-state index in [4.69, 9.17) is 33.2 Å². The van der Waals surface area contributed by atoms with E-state index in [1.54, 1.807) is 14.2 Å². The molecule has 7 N–H and O–H groups in total. The Morgan fingerprint density at radius 1 is 0.370 bits per heavy atom. The maximum atomic E-state index is 9.81. The standard InChI is InChI=1S/C17H35NO4.C15H28O4.2C11H22.2C7H8.4C6H6.C2H7N.2CH5N/c1-4-18-11-15(19)13-22-12-14-9-16(20-2)7-5-6-8-17(10-14)21-3;1-16-13-5-3-4-6-14(17-2)8-12(7-13)9-18-10-15-11-19-15;2*1-10-6-3-4-7-11(2)9-5-8-10;2*1-7-5-3-2-4-6-7;4*1-2-4-6-5-3-1;1-3-2;2*1-2/h14-19H,4-13H2,1-3H3;12-15H,3-11H2,1-2H3;2*10-11H,3-9H2,1-2H3;2*2-6H,1H3;4*1-6H;3H,1-2H3;2*2H2,1H3. The molecule has 4 saturated carbocycles. The zero-order valence-electron chi connectivity index (χ0n) is 71.4. The first-order valence-electron chi connectivity index (χ1n) is 41.8. The molecule has 1 saturated heterocycles. The number of aliphatic hydroxyl groups excluding tert-OH is 1. The third-order valence-electron chi connectivity index (χ3n) is 19.3. The molecule has 0 spiro atoms. The lowest BCUT2D eigenvalue weighted by atomic mass is 9.95. The molecule has 10 atom stereocenters. The molecule has 0 radical (unpaired) electrons. The van der Waals surface area contributed by atoms with E-state index in [0.717, 1.165) is 101 Å². The van der Waals surface area contributed by atoms with Gasteiger partial charge in [-0.1, -0.05) is 368 Å². The van der Waals surface area contributed by atoms with Gasteiger partial charge in [-0.05, 0) is 135 Å². The Labute approximate surface area is 664 Å². The van der Waals surface area contributed by atoms with E-state index >= 15 is 0 Å². The lowest BCUT2D eigenvalue weighted by Gasteiger charge is -2.24. The monoisotopic (exact) mass is 1500 g/mol. The van der Waals surface area contributed by atoms with E-state index in [2.05, 4.69) is 87.9 Å². The van der Waals surface area contributed by atoms with Crippen LogP contribution in [0, 0.1) is 49.4 Å². The number of hydrogen-bond acceptors (Lipinski definition) is 12. The summed E-state index contributed by atoms with van der Waals surface area (Å²) in [6.45, 7) is 20.8. The molecule has 10 unspecified atom stereocenters. The van der Waals surface area contributed by atoms with Crippen molar-refractivity contribution in [1.29, 1.82) is 0 Å². The van der Waals surface area contributed by atoms with E-state index in [-0.39, 0.29) is 0 Å². The molecule has 1 aliphatic heterocycles.